The summed E-state index contributed by atoms with van der Waals surface area (Å²) in [6.45, 7) is 2.84. The molecule has 1 unspecified atom stereocenters. The molecule has 132 valence electrons. The number of ether oxygens (including phenoxy) is 1. The van der Waals surface area contributed by atoms with E-state index in [1.807, 2.05) is 41.2 Å². The third-order valence-corrected chi connectivity index (χ3v) is 3.65. The number of carbonyl (C=O) groups excluding carboxylic acids is 2. The van der Waals surface area contributed by atoms with Gasteiger partial charge in [-0.3, -0.25) is 4.79 Å². The van der Waals surface area contributed by atoms with Crippen LogP contribution in [0.15, 0.2) is 48.8 Å². The van der Waals surface area contributed by atoms with Crippen LogP contribution in [-0.2, 0) is 25.7 Å². The molecule has 2 rings (SSSR count). The molecule has 2 aromatic rings. The van der Waals surface area contributed by atoms with Gasteiger partial charge in [-0.1, -0.05) is 12.1 Å². The summed E-state index contributed by atoms with van der Waals surface area (Å²) in [5.74, 6) is -2.89. The van der Waals surface area contributed by atoms with Gasteiger partial charge in [0, 0.05) is 31.5 Å². The first-order valence-electron chi connectivity index (χ1n) is 7.83. The number of hydrogen-bond donors (Lipinski definition) is 1. The van der Waals surface area contributed by atoms with Gasteiger partial charge in [0.2, 0.25) is 11.9 Å². The highest BCUT2D eigenvalue weighted by Gasteiger charge is 2.36. The maximum absolute atomic E-state index is 11.9. The lowest BCUT2D eigenvalue weighted by atomic mass is 10.1. The minimum absolute atomic E-state index is 0.00290. The Labute approximate surface area is 145 Å². The summed E-state index contributed by atoms with van der Waals surface area (Å²) in [5, 5.41) is 9.34. The van der Waals surface area contributed by atoms with Crippen LogP contribution in [0, 0.1) is 0 Å². The molecule has 0 bridgehead atoms. The SMILES string of the molecule is CCOC(=O)C(C(=O)O)N(Cc1ccc(-n2cccc2)cc1)C(C)=O. The first-order chi connectivity index (χ1) is 11.9. The first kappa shape index (κ1) is 18.3. The number of benzene rings is 1. The molecule has 1 atom stereocenters. The summed E-state index contributed by atoms with van der Waals surface area (Å²) < 4.78 is 6.71. The summed E-state index contributed by atoms with van der Waals surface area (Å²) >= 11 is 0. The monoisotopic (exact) mass is 344 g/mol. The molecule has 0 aliphatic carbocycles. The van der Waals surface area contributed by atoms with Crippen LogP contribution in [0.3, 0.4) is 0 Å². The van der Waals surface area contributed by atoms with E-state index < -0.39 is 23.9 Å². The van der Waals surface area contributed by atoms with Crippen LogP contribution in [0.25, 0.3) is 5.69 Å². The summed E-state index contributed by atoms with van der Waals surface area (Å²) in [6.07, 6.45) is 3.80. The van der Waals surface area contributed by atoms with Gasteiger partial charge in [0.1, 0.15) is 0 Å². The normalized spacial score (nSPS) is 11.6. The minimum atomic E-state index is -1.67. The van der Waals surface area contributed by atoms with Crippen molar-refractivity contribution in [3.05, 3.63) is 54.4 Å². The van der Waals surface area contributed by atoms with Crippen molar-refractivity contribution in [2.45, 2.75) is 26.4 Å². The van der Waals surface area contributed by atoms with Crippen molar-refractivity contribution in [3.63, 3.8) is 0 Å². The van der Waals surface area contributed by atoms with Crippen LogP contribution in [0.4, 0.5) is 0 Å². The molecular weight excluding hydrogens is 324 g/mol. The van der Waals surface area contributed by atoms with Gasteiger partial charge in [0.05, 0.1) is 6.61 Å². The Kier molecular flexibility index (Phi) is 5.94. The van der Waals surface area contributed by atoms with Gasteiger partial charge in [-0.05, 0) is 36.8 Å². The zero-order chi connectivity index (χ0) is 18.4. The van der Waals surface area contributed by atoms with Crippen LogP contribution in [0.5, 0.6) is 0 Å². The van der Waals surface area contributed by atoms with Gasteiger partial charge < -0.3 is 19.3 Å². The van der Waals surface area contributed by atoms with Crippen molar-refractivity contribution in [2.24, 2.45) is 0 Å². The number of carbonyl (C=O) groups is 3. The molecule has 1 amide bonds. The fraction of sp³-hybridized carbons (Fsp3) is 0.278. The zero-order valence-electron chi connectivity index (χ0n) is 14.1. The Morgan fingerprint density at radius 1 is 1.16 bits per heavy atom. The molecule has 7 nitrogen and oxygen atoms in total. The predicted molar refractivity (Wildman–Crippen MR) is 90.0 cm³/mol. The Balaban J connectivity index is 2.21. The number of rotatable bonds is 7. The maximum Gasteiger partial charge on any atom is 0.340 e. The third-order valence-electron chi connectivity index (χ3n) is 3.65. The molecule has 0 saturated carbocycles. The van der Waals surface area contributed by atoms with Crippen LogP contribution >= 0.6 is 0 Å². The van der Waals surface area contributed by atoms with E-state index in [0.717, 1.165) is 10.6 Å². The molecule has 0 aliphatic rings. The van der Waals surface area contributed by atoms with E-state index in [4.69, 9.17) is 4.74 Å². The number of aromatic nitrogens is 1. The topological polar surface area (TPSA) is 88.8 Å². The Bertz CT molecular complexity index is 737. The lowest BCUT2D eigenvalue weighted by Gasteiger charge is -2.26. The largest absolute Gasteiger partial charge is 0.479 e. The highest BCUT2D eigenvalue weighted by atomic mass is 16.5. The molecule has 1 aromatic carbocycles. The molecule has 0 saturated heterocycles. The van der Waals surface area contributed by atoms with Gasteiger partial charge in [0.15, 0.2) is 0 Å². The van der Waals surface area contributed by atoms with Crippen LogP contribution < -0.4 is 0 Å². The number of carboxylic acids is 1. The van der Waals surface area contributed by atoms with Gasteiger partial charge in [-0.25, -0.2) is 9.59 Å². The van der Waals surface area contributed by atoms with Crippen molar-refractivity contribution in [1.82, 2.24) is 9.47 Å². The van der Waals surface area contributed by atoms with E-state index in [2.05, 4.69) is 0 Å². The molecule has 1 N–H and O–H groups in total. The quantitative estimate of drug-likeness (QED) is 0.611. The van der Waals surface area contributed by atoms with Crippen LogP contribution in [0.2, 0.25) is 0 Å². The standard InChI is InChI=1S/C18H20N2O5/c1-3-25-18(24)16(17(22)23)20(13(2)21)12-14-6-8-15(9-7-14)19-10-4-5-11-19/h4-11,16H,3,12H2,1-2H3,(H,22,23). The second-order valence-electron chi connectivity index (χ2n) is 5.40. The first-order valence-corrected chi connectivity index (χ1v) is 7.83. The Hall–Kier alpha value is -3.09. The summed E-state index contributed by atoms with van der Waals surface area (Å²) in [7, 11) is 0. The number of carboxylic acid groups (broad SMARTS) is 1. The average Bonchev–Trinajstić information content (AvgIpc) is 3.09. The number of amides is 1. The van der Waals surface area contributed by atoms with Gasteiger partial charge >= 0.3 is 11.9 Å². The smallest absolute Gasteiger partial charge is 0.340 e. The molecule has 0 fully saturated rings. The minimum Gasteiger partial charge on any atom is -0.479 e. The highest BCUT2D eigenvalue weighted by Crippen LogP contribution is 2.14. The van der Waals surface area contributed by atoms with E-state index in [1.54, 1.807) is 19.1 Å². The number of nitrogens with zero attached hydrogens (tertiary/aromatic N) is 2. The van der Waals surface area contributed by atoms with E-state index in [-0.39, 0.29) is 13.2 Å². The molecule has 1 aromatic heterocycles. The lowest BCUT2D eigenvalue weighted by Crippen LogP contribution is -2.49. The summed E-state index contributed by atoms with van der Waals surface area (Å²) in [6, 6.07) is 9.43. The number of hydrogen-bond acceptors (Lipinski definition) is 4. The molecule has 0 aliphatic heterocycles. The van der Waals surface area contributed by atoms with E-state index in [1.165, 1.54) is 6.92 Å². The summed E-state index contributed by atoms with van der Waals surface area (Å²) in [5.41, 5.74) is 1.64. The molecule has 1 heterocycles. The predicted octanol–water partition coefficient (Wildman–Crippen LogP) is 1.84. The van der Waals surface area contributed by atoms with Crippen LogP contribution in [-0.4, -0.2) is 45.1 Å². The molecule has 25 heavy (non-hydrogen) atoms. The van der Waals surface area contributed by atoms with Gasteiger partial charge in [-0.2, -0.15) is 0 Å². The highest BCUT2D eigenvalue weighted by molar-refractivity contribution is 6.01. The Morgan fingerprint density at radius 3 is 2.24 bits per heavy atom. The molecule has 7 heteroatoms. The number of esters is 1. The fourth-order valence-corrected chi connectivity index (χ4v) is 2.44. The molecule has 0 radical (unpaired) electrons. The average molecular weight is 344 g/mol. The Morgan fingerprint density at radius 2 is 1.76 bits per heavy atom. The second kappa shape index (κ2) is 8.14. The van der Waals surface area contributed by atoms with Crippen molar-refractivity contribution < 1.29 is 24.2 Å². The van der Waals surface area contributed by atoms with Crippen molar-refractivity contribution in [2.75, 3.05) is 6.61 Å². The maximum atomic E-state index is 11.9. The van der Waals surface area contributed by atoms with Gasteiger partial charge in [0.25, 0.3) is 0 Å². The molecule has 0 spiro atoms. The van der Waals surface area contributed by atoms with E-state index in [0.29, 0.717) is 5.56 Å². The number of aliphatic carboxylic acids is 1. The molecular formula is C18H20N2O5. The van der Waals surface area contributed by atoms with E-state index >= 15 is 0 Å². The van der Waals surface area contributed by atoms with Crippen molar-refractivity contribution >= 4 is 17.8 Å². The van der Waals surface area contributed by atoms with E-state index in [9.17, 15) is 19.5 Å². The second-order valence-corrected chi connectivity index (χ2v) is 5.40. The van der Waals surface area contributed by atoms with Crippen molar-refractivity contribution in [1.29, 1.82) is 0 Å². The zero-order valence-corrected chi connectivity index (χ0v) is 14.1. The third kappa shape index (κ3) is 4.47. The van der Waals surface area contributed by atoms with Crippen molar-refractivity contribution in [3.8, 4) is 5.69 Å². The lowest BCUT2D eigenvalue weighted by molar-refractivity contribution is -0.165. The van der Waals surface area contributed by atoms with Gasteiger partial charge in [-0.15, -0.1) is 0 Å². The summed E-state index contributed by atoms with van der Waals surface area (Å²) in [4.78, 5) is 36.3. The fourth-order valence-electron chi connectivity index (χ4n) is 2.44. The van der Waals surface area contributed by atoms with Crippen LogP contribution in [0.1, 0.15) is 19.4 Å².